The van der Waals surface area contributed by atoms with Gasteiger partial charge in [0.05, 0.1) is 16.5 Å². The minimum absolute atomic E-state index is 0.00881. The van der Waals surface area contributed by atoms with E-state index in [4.69, 9.17) is 58.0 Å². The maximum atomic E-state index is 13.9. The highest BCUT2D eigenvalue weighted by Gasteiger charge is 2.67. The van der Waals surface area contributed by atoms with E-state index in [9.17, 15) is 18.4 Å². The molecule has 3 aromatic rings. The Morgan fingerprint density at radius 2 is 1.49 bits per heavy atom. The fourth-order valence-corrected chi connectivity index (χ4v) is 5.24. The van der Waals surface area contributed by atoms with Gasteiger partial charge in [-0.15, -0.1) is 23.2 Å². The number of halogens is 7. The first kappa shape index (κ1) is 26.0. The number of hydrogen-bond acceptors (Lipinski definition) is 2. The third kappa shape index (κ3) is 5.09. The zero-order chi connectivity index (χ0) is 25.7. The van der Waals surface area contributed by atoms with Crippen LogP contribution in [0, 0.1) is 24.5 Å². The predicted molar refractivity (Wildman–Crippen MR) is 136 cm³/mol. The van der Waals surface area contributed by atoms with Gasteiger partial charge in [0.15, 0.2) is 0 Å². The summed E-state index contributed by atoms with van der Waals surface area (Å²) in [5.74, 6) is -4.68. The summed E-state index contributed by atoms with van der Waals surface area (Å²) >= 11 is 31.3. The van der Waals surface area contributed by atoms with Gasteiger partial charge in [0.25, 0.3) is 5.91 Å². The average Bonchev–Trinajstić information content (AvgIpc) is 3.37. The Kier molecular flexibility index (Phi) is 7.24. The monoisotopic (exact) mass is 576 g/mol. The fourth-order valence-electron chi connectivity index (χ4n) is 3.71. The maximum Gasteiger partial charge on any atom is 0.257 e. The van der Waals surface area contributed by atoms with Crippen LogP contribution < -0.4 is 10.6 Å². The summed E-state index contributed by atoms with van der Waals surface area (Å²) in [4.78, 5) is 25.6. The Balaban J connectivity index is 1.54. The second-order valence-electron chi connectivity index (χ2n) is 7.97. The number of carbonyl (C=O) groups excluding carboxylic acids is 2. The van der Waals surface area contributed by atoms with Crippen molar-refractivity contribution in [2.24, 2.45) is 5.92 Å². The molecule has 1 aliphatic rings. The van der Waals surface area contributed by atoms with E-state index in [0.29, 0.717) is 21.2 Å². The lowest BCUT2D eigenvalue weighted by atomic mass is 10.1. The van der Waals surface area contributed by atoms with E-state index >= 15 is 0 Å². The van der Waals surface area contributed by atoms with E-state index in [2.05, 4.69) is 10.6 Å². The summed E-state index contributed by atoms with van der Waals surface area (Å²) in [7, 11) is 0. The van der Waals surface area contributed by atoms with Crippen molar-refractivity contribution in [3.63, 3.8) is 0 Å². The van der Waals surface area contributed by atoms with Crippen LogP contribution in [0.15, 0.2) is 48.5 Å². The molecule has 182 valence electrons. The lowest BCUT2D eigenvalue weighted by Gasteiger charge is -2.11. The summed E-state index contributed by atoms with van der Waals surface area (Å²) in [5.41, 5.74) is 0.774. The molecular formula is C24H15Cl5F2N2O2. The summed E-state index contributed by atoms with van der Waals surface area (Å²) in [6.45, 7) is 1.76. The van der Waals surface area contributed by atoms with Gasteiger partial charge in [-0.2, -0.15) is 0 Å². The van der Waals surface area contributed by atoms with Gasteiger partial charge in [0.1, 0.15) is 21.7 Å². The predicted octanol–water partition coefficient (Wildman–Crippen LogP) is 8.01. The SMILES string of the molecule is Cc1c(Cl)cc([C@H]2[C@H](C(=O)Nc3ccc(Cl)c(C(=O)Nc4c(F)cccc4F)c3)C2(Cl)Cl)cc1Cl. The van der Waals surface area contributed by atoms with Gasteiger partial charge in [-0.25, -0.2) is 8.78 Å². The van der Waals surface area contributed by atoms with E-state index in [0.717, 1.165) is 12.1 Å². The van der Waals surface area contributed by atoms with E-state index in [1.807, 2.05) is 0 Å². The van der Waals surface area contributed by atoms with Gasteiger partial charge < -0.3 is 10.6 Å². The quantitative estimate of drug-likeness (QED) is 0.301. The van der Waals surface area contributed by atoms with Crippen molar-refractivity contribution < 1.29 is 18.4 Å². The van der Waals surface area contributed by atoms with Crippen molar-refractivity contribution >= 4 is 81.2 Å². The summed E-state index contributed by atoms with van der Waals surface area (Å²) in [5, 5.41) is 5.65. The molecule has 11 heteroatoms. The molecule has 0 unspecified atom stereocenters. The molecule has 0 aromatic heterocycles. The number of benzene rings is 3. The Bertz CT molecular complexity index is 1320. The number of hydrogen-bond donors (Lipinski definition) is 2. The number of carbonyl (C=O) groups is 2. The third-order valence-corrected chi connectivity index (χ3v) is 7.73. The number of para-hydroxylation sites is 1. The van der Waals surface area contributed by atoms with Crippen molar-refractivity contribution in [1.82, 2.24) is 0 Å². The molecule has 1 aliphatic carbocycles. The van der Waals surface area contributed by atoms with E-state index in [1.54, 1.807) is 19.1 Å². The van der Waals surface area contributed by atoms with E-state index in [-0.39, 0.29) is 16.3 Å². The molecule has 2 atom stereocenters. The van der Waals surface area contributed by atoms with Crippen molar-refractivity contribution in [1.29, 1.82) is 0 Å². The van der Waals surface area contributed by atoms with Crippen LogP contribution in [-0.4, -0.2) is 16.1 Å². The molecule has 35 heavy (non-hydrogen) atoms. The molecule has 0 radical (unpaired) electrons. The fraction of sp³-hybridized carbons (Fsp3) is 0.167. The zero-order valence-electron chi connectivity index (χ0n) is 17.7. The van der Waals surface area contributed by atoms with E-state index < -0.39 is 45.3 Å². The minimum atomic E-state index is -1.40. The highest BCUT2D eigenvalue weighted by Crippen LogP contribution is 2.65. The standard InChI is InChI=1S/C24H15Cl5F2N2O2/c1-10-15(26)7-11(8-16(10)27)19-20(24(19,28)29)23(35)32-12-5-6-14(25)13(9-12)22(34)33-21-17(30)3-2-4-18(21)31/h2-9,19-20H,1H3,(H,32,35)(H,33,34)/t19-,20+/m0/s1. The number of rotatable bonds is 5. The topological polar surface area (TPSA) is 58.2 Å². The van der Waals surface area contributed by atoms with Crippen molar-refractivity contribution in [2.75, 3.05) is 10.6 Å². The van der Waals surface area contributed by atoms with Gasteiger partial charge in [0.2, 0.25) is 5.91 Å². The maximum absolute atomic E-state index is 13.9. The van der Waals surface area contributed by atoms with Crippen LogP contribution in [0.5, 0.6) is 0 Å². The first-order valence-electron chi connectivity index (χ1n) is 10.1. The van der Waals surface area contributed by atoms with Crippen LogP contribution in [0.1, 0.15) is 27.4 Å². The van der Waals surface area contributed by atoms with Crippen molar-refractivity contribution in [3.05, 3.63) is 91.9 Å². The molecule has 1 saturated carbocycles. The molecule has 1 fully saturated rings. The molecule has 4 rings (SSSR count). The van der Waals surface area contributed by atoms with Crippen LogP contribution in [0.4, 0.5) is 20.2 Å². The Labute approximate surface area is 224 Å². The Hall–Kier alpha value is -2.09. The van der Waals surface area contributed by atoms with Gasteiger partial charge in [-0.1, -0.05) is 40.9 Å². The van der Waals surface area contributed by atoms with Crippen LogP contribution >= 0.6 is 58.0 Å². The van der Waals surface area contributed by atoms with Gasteiger partial charge in [-0.05, 0) is 60.5 Å². The molecule has 0 spiro atoms. The second-order valence-corrected chi connectivity index (χ2v) is 10.6. The first-order valence-corrected chi connectivity index (χ1v) is 12.0. The van der Waals surface area contributed by atoms with E-state index in [1.165, 1.54) is 24.3 Å². The van der Waals surface area contributed by atoms with Crippen LogP contribution in [0.25, 0.3) is 0 Å². The Morgan fingerprint density at radius 1 is 0.886 bits per heavy atom. The second kappa shape index (κ2) is 9.75. The number of alkyl halides is 2. The first-order chi connectivity index (χ1) is 16.4. The summed E-state index contributed by atoms with van der Waals surface area (Å²) in [6.07, 6.45) is 0. The number of nitrogens with one attached hydrogen (secondary N) is 2. The summed E-state index contributed by atoms with van der Waals surface area (Å²) in [6, 6.07) is 10.6. The lowest BCUT2D eigenvalue weighted by molar-refractivity contribution is -0.117. The van der Waals surface area contributed by atoms with Crippen LogP contribution in [0.3, 0.4) is 0 Å². The molecular weight excluding hydrogens is 564 g/mol. The minimum Gasteiger partial charge on any atom is -0.326 e. The van der Waals surface area contributed by atoms with Crippen LogP contribution in [0.2, 0.25) is 15.1 Å². The zero-order valence-corrected chi connectivity index (χ0v) is 21.5. The third-order valence-electron chi connectivity index (χ3n) is 5.68. The highest BCUT2D eigenvalue weighted by molar-refractivity contribution is 6.53. The summed E-state index contributed by atoms with van der Waals surface area (Å²) < 4.78 is 26.4. The van der Waals surface area contributed by atoms with Gasteiger partial charge in [-0.3, -0.25) is 9.59 Å². The molecule has 0 saturated heterocycles. The average molecular weight is 579 g/mol. The molecule has 2 amide bonds. The highest BCUT2D eigenvalue weighted by atomic mass is 35.5. The molecule has 0 heterocycles. The molecule has 0 aliphatic heterocycles. The molecule has 2 N–H and O–H groups in total. The molecule has 3 aromatic carbocycles. The smallest absolute Gasteiger partial charge is 0.257 e. The Morgan fingerprint density at radius 3 is 2.09 bits per heavy atom. The van der Waals surface area contributed by atoms with Crippen molar-refractivity contribution in [3.8, 4) is 0 Å². The number of amides is 2. The number of anilines is 2. The molecule has 0 bridgehead atoms. The van der Waals surface area contributed by atoms with Crippen molar-refractivity contribution in [2.45, 2.75) is 17.2 Å². The molecule has 4 nitrogen and oxygen atoms in total. The van der Waals surface area contributed by atoms with Crippen LogP contribution in [-0.2, 0) is 4.79 Å². The van der Waals surface area contributed by atoms with Gasteiger partial charge >= 0.3 is 0 Å². The lowest BCUT2D eigenvalue weighted by Crippen LogP contribution is -2.18. The normalized spacial score (nSPS) is 18.2. The van der Waals surface area contributed by atoms with Gasteiger partial charge in [0, 0.05) is 21.7 Å². The largest absolute Gasteiger partial charge is 0.326 e.